The lowest BCUT2D eigenvalue weighted by atomic mass is 10.0. The summed E-state index contributed by atoms with van der Waals surface area (Å²) < 4.78 is 18.4. The molecule has 6 rings (SSSR count). The lowest BCUT2D eigenvalue weighted by molar-refractivity contribution is 0.0933. The Balaban J connectivity index is 1.38. The SMILES string of the molecule is COc1cc(-n2cnc(Nc3nc(C4CCCN4CO)nc4cc(C5CCCN5CO)ccc34)c2)cc(OC)c1OC. The average molecular weight is 576 g/mol. The van der Waals surface area contributed by atoms with Gasteiger partial charge in [0.25, 0.3) is 0 Å². The van der Waals surface area contributed by atoms with E-state index in [0.29, 0.717) is 34.7 Å². The van der Waals surface area contributed by atoms with Gasteiger partial charge in [0.05, 0.1) is 58.2 Å². The molecular formula is C30H37N7O5. The third-order valence-electron chi connectivity index (χ3n) is 8.29. The van der Waals surface area contributed by atoms with Gasteiger partial charge in [-0.25, -0.2) is 15.0 Å². The van der Waals surface area contributed by atoms with Crippen molar-refractivity contribution in [3.63, 3.8) is 0 Å². The van der Waals surface area contributed by atoms with E-state index in [1.165, 1.54) is 0 Å². The quantitative estimate of drug-likeness (QED) is 0.256. The Morgan fingerprint density at radius 3 is 2.24 bits per heavy atom. The molecule has 0 bridgehead atoms. The van der Waals surface area contributed by atoms with Crippen LogP contribution in [0.5, 0.6) is 17.2 Å². The first-order valence-corrected chi connectivity index (χ1v) is 14.2. The van der Waals surface area contributed by atoms with Crippen molar-refractivity contribution in [3.8, 4) is 22.9 Å². The van der Waals surface area contributed by atoms with Crippen molar-refractivity contribution in [1.29, 1.82) is 0 Å². The zero-order valence-electron chi connectivity index (χ0n) is 24.2. The molecule has 222 valence electrons. The standard InChI is InChI=1S/C30H37N7O5/c1-40-25-13-20(14-26(41-2)28(25)42-3)37-15-27(31-16-37)33-29-21-9-8-19(23-6-4-10-35(23)17-38)12-22(21)32-30(34-29)24-7-5-11-36(24)18-39/h8-9,12-16,23-24,38-39H,4-7,10-11,17-18H2,1-3H3,(H,32,33,34). The van der Waals surface area contributed by atoms with E-state index >= 15 is 0 Å². The summed E-state index contributed by atoms with van der Waals surface area (Å²) in [6, 6.07) is 10.0. The second kappa shape index (κ2) is 12.1. The van der Waals surface area contributed by atoms with E-state index in [0.717, 1.165) is 60.9 Å². The number of aliphatic hydroxyl groups is 2. The molecular weight excluding hydrogens is 538 g/mol. The number of nitrogens with one attached hydrogen (secondary N) is 1. The Morgan fingerprint density at radius 1 is 0.881 bits per heavy atom. The topological polar surface area (TPSA) is 130 Å². The fourth-order valence-corrected chi connectivity index (χ4v) is 6.14. The van der Waals surface area contributed by atoms with Gasteiger partial charge in [-0.3, -0.25) is 9.80 Å². The minimum absolute atomic E-state index is 0.0344. The third-order valence-corrected chi connectivity index (χ3v) is 8.29. The van der Waals surface area contributed by atoms with Crippen LogP contribution in [0, 0.1) is 0 Å². The molecule has 0 spiro atoms. The van der Waals surface area contributed by atoms with Gasteiger partial charge >= 0.3 is 0 Å². The first-order valence-electron chi connectivity index (χ1n) is 14.2. The number of imidazole rings is 1. The van der Waals surface area contributed by atoms with Gasteiger partial charge in [-0.15, -0.1) is 0 Å². The fourth-order valence-electron chi connectivity index (χ4n) is 6.14. The molecule has 2 aliphatic heterocycles. The second-order valence-electron chi connectivity index (χ2n) is 10.6. The maximum atomic E-state index is 9.97. The number of hydrogen-bond donors (Lipinski definition) is 3. The molecule has 0 radical (unpaired) electrons. The third kappa shape index (κ3) is 5.22. The predicted octanol–water partition coefficient (Wildman–Crippen LogP) is 3.76. The predicted molar refractivity (Wildman–Crippen MR) is 158 cm³/mol. The highest BCUT2D eigenvalue weighted by Gasteiger charge is 2.30. The van der Waals surface area contributed by atoms with Crippen LogP contribution < -0.4 is 19.5 Å². The molecule has 12 heteroatoms. The molecule has 2 atom stereocenters. The van der Waals surface area contributed by atoms with Crippen LogP contribution in [0.3, 0.4) is 0 Å². The van der Waals surface area contributed by atoms with Crippen molar-refractivity contribution in [2.75, 3.05) is 53.2 Å². The second-order valence-corrected chi connectivity index (χ2v) is 10.6. The van der Waals surface area contributed by atoms with Gasteiger partial charge in [-0.2, -0.15) is 0 Å². The highest BCUT2D eigenvalue weighted by molar-refractivity contribution is 5.91. The molecule has 0 saturated carbocycles. The Bertz CT molecular complexity index is 1530. The zero-order valence-corrected chi connectivity index (χ0v) is 24.2. The number of benzene rings is 2. The Morgan fingerprint density at radius 2 is 1.57 bits per heavy atom. The van der Waals surface area contributed by atoms with Gasteiger partial charge in [0.15, 0.2) is 11.5 Å². The molecule has 2 fully saturated rings. The number of likely N-dealkylation sites (tertiary alicyclic amines) is 2. The van der Waals surface area contributed by atoms with E-state index in [1.54, 1.807) is 27.7 Å². The number of anilines is 2. The van der Waals surface area contributed by atoms with Crippen LogP contribution in [0.4, 0.5) is 11.6 Å². The Hall–Kier alpha value is -3.97. The number of methoxy groups -OCH3 is 3. The maximum Gasteiger partial charge on any atom is 0.203 e. The molecule has 12 nitrogen and oxygen atoms in total. The molecule has 4 heterocycles. The average Bonchev–Trinajstić information content (AvgIpc) is 3.80. The van der Waals surface area contributed by atoms with E-state index in [1.807, 2.05) is 33.9 Å². The molecule has 0 aliphatic carbocycles. The summed E-state index contributed by atoms with van der Waals surface area (Å²) in [7, 11) is 4.74. The first-order chi connectivity index (χ1) is 20.6. The van der Waals surface area contributed by atoms with E-state index in [9.17, 15) is 10.2 Å². The van der Waals surface area contributed by atoms with E-state index in [-0.39, 0.29) is 25.5 Å². The molecule has 2 aromatic heterocycles. The van der Waals surface area contributed by atoms with Crippen LogP contribution in [0.2, 0.25) is 0 Å². The first kappa shape index (κ1) is 28.2. The maximum absolute atomic E-state index is 9.97. The summed E-state index contributed by atoms with van der Waals surface area (Å²) in [4.78, 5) is 18.6. The summed E-state index contributed by atoms with van der Waals surface area (Å²) in [6.07, 6.45) is 7.47. The number of hydrogen-bond acceptors (Lipinski definition) is 11. The highest BCUT2D eigenvalue weighted by atomic mass is 16.5. The lowest BCUT2D eigenvalue weighted by Crippen LogP contribution is -2.26. The normalized spacial score (nSPS) is 19.5. The molecule has 3 N–H and O–H groups in total. The Kier molecular flexibility index (Phi) is 8.11. The summed E-state index contributed by atoms with van der Waals surface area (Å²) in [5.41, 5.74) is 2.73. The number of ether oxygens (including phenoxy) is 3. The Labute approximate surface area is 244 Å². The zero-order chi connectivity index (χ0) is 29.2. The fraction of sp³-hybridized carbons (Fsp3) is 0.433. The summed E-state index contributed by atoms with van der Waals surface area (Å²) in [5, 5.41) is 24.1. The van der Waals surface area contributed by atoms with Gasteiger partial charge in [-0.1, -0.05) is 6.07 Å². The molecule has 2 unspecified atom stereocenters. The van der Waals surface area contributed by atoms with Crippen LogP contribution in [0.25, 0.3) is 16.6 Å². The smallest absolute Gasteiger partial charge is 0.203 e. The van der Waals surface area contributed by atoms with Crippen LogP contribution in [-0.4, -0.2) is 87.4 Å². The molecule has 4 aromatic rings. The summed E-state index contributed by atoms with van der Waals surface area (Å²) in [5.74, 6) is 3.53. The van der Waals surface area contributed by atoms with Crippen molar-refractivity contribution in [2.24, 2.45) is 0 Å². The van der Waals surface area contributed by atoms with Gasteiger partial charge < -0.3 is 34.3 Å². The van der Waals surface area contributed by atoms with Crippen LogP contribution in [0.1, 0.15) is 49.2 Å². The minimum Gasteiger partial charge on any atom is -0.493 e. The lowest BCUT2D eigenvalue weighted by Gasteiger charge is -2.23. The number of nitrogens with zero attached hydrogens (tertiary/aromatic N) is 6. The van der Waals surface area contributed by atoms with E-state index in [2.05, 4.69) is 27.3 Å². The van der Waals surface area contributed by atoms with Crippen LogP contribution >= 0.6 is 0 Å². The van der Waals surface area contributed by atoms with E-state index in [4.69, 9.17) is 24.2 Å². The van der Waals surface area contributed by atoms with Crippen molar-refractivity contribution in [1.82, 2.24) is 29.3 Å². The highest BCUT2D eigenvalue weighted by Crippen LogP contribution is 2.40. The van der Waals surface area contributed by atoms with Gasteiger partial charge in [-0.05, 0) is 43.4 Å². The number of fused-ring (bicyclic) bond motifs is 1. The van der Waals surface area contributed by atoms with Gasteiger partial charge in [0.2, 0.25) is 5.75 Å². The summed E-state index contributed by atoms with van der Waals surface area (Å²) in [6.45, 7) is 1.68. The largest absolute Gasteiger partial charge is 0.493 e. The van der Waals surface area contributed by atoms with Gasteiger partial charge in [0.1, 0.15) is 23.8 Å². The number of rotatable bonds is 10. The minimum atomic E-state index is -0.0687. The van der Waals surface area contributed by atoms with Crippen molar-refractivity contribution in [2.45, 2.75) is 37.8 Å². The molecule has 2 aromatic carbocycles. The number of aromatic nitrogens is 4. The molecule has 2 saturated heterocycles. The van der Waals surface area contributed by atoms with Crippen LogP contribution in [0.15, 0.2) is 42.9 Å². The van der Waals surface area contributed by atoms with Gasteiger partial charge in [0, 0.05) is 36.7 Å². The van der Waals surface area contributed by atoms with E-state index < -0.39 is 0 Å². The summed E-state index contributed by atoms with van der Waals surface area (Å²) >= 11 is 0. The van der Waals surface area contributed by atoms with Crippen molar-refractivity contribution < 1.29 is 24.4 Å². The monoisotopic (exact) mass is 575 g/mol. The molecule has 2 aliphatic rings. The molecule has 0 amide bonds. The van der Waals surface area contributed by atoms with Crippen molar-refractivity contribution >= 4 is 22.5 Å². The van der Waals surface area contributed by atoms with Crippen molar-refractivity contribution in [3.05, 3.63) is 54.2 Å². The molecule has 42 heavy (non-hydrogen) atoms. The number of aliphatic hydroxyl groups excluding tert-OH is 2. The van der Waals surface area contributed by atoms with Crippen LogP contribution in [-0.2, 0) is 0 Å².